The molecular weight excluding hydrogens is 228 g/mol. The van der Waals surface area contributed by atoms with Gasteiger partial charge in [0.05, 0.1) is 13.2 Å². The van der Waals surface area contributed by atoms with Crippen LogP contribution in [0, 0.1) is 5.92 Å². The fourth-order valence-electron chi connectivity index (χ4n) is 2.11. The van der Waals surface area contributed by atoms with Crippen LogP contribution >= 0.6 is 0 Å². The molecule has 0 heterocycles. The summed E-state index contributed by atoms with van der Waals surface area (Å²) in [6, 6.07) is 0.554. The van der Waals surface area contributed by atoms with Gasteiger partial charge in [-0.2, -0.15) is 0 Å². The lowest BCUT2D eigenvalue weighted by Crippen LogP contribution is -2.39. The molecule has 18 heavy (non-hydrogen) atoms. The Bertz CT molecular complexity index is 226. The van der Waals surface area contributed by atoms with E-state index in [9.17, 15) is 4.79 Å². The summed E-state index contributed by atoms with van der Waals surface area (Å²) in [7, 11) is 0. The van der Waals surface area contributed by atoms with E-state index >= 15 is 0 Å². The maximum Gasteiger partial charge on any atom is 0.234 e. The van der Waals surface area contributed by atoms with Gasteiger partial charge in [0.25, 0.3) is 0 Å². The van der Waals surface area contributed by atoms with E-state index in [0.29, 0.717) is 31.7 Å². The molecule has 4 nitrogen and oxygen atoms in total. The largest absolute Gasteiger partial charge is 0.380 e. The number of ether oxygens (including phenoxy) is 1. The zero-order chi connectivity index (χ0) is 13.2. The SMILES string of the molecule is CC(C)CCOCCNC(=O)CNC1CCCC1. The molecule has 0 radical (unpaired) electrons. The monoisotopic (exact) mass is 256 g/mol. The van der Waals surface area contributed by atoms with Gasteiger partial charge >= 0.3 is 0 Å². The van der Waals surface area contributed by atoms with Crippen molar-refractivity contribution in [2.75, 3.05) is 26.3 Å². The average molecular weight is 256 g/mol. The number of rotatable bonds is 9. The van der Waals surface area contributed by atoms with Crippen molar-refractivity contribution < 1.29 is 9.53 Å². The standard InChI is InChI=1S/C14H28N2O2/c1-12(2)7-9-18-10-8-15-14(17)11-16-13-5-3-4-6-13/h12-13,16H,3-11H2,1-2H3,(H,15,17). The predicted octanol–water partition coefficient (Wildman–Crippen LogP) is 1.70. The summed E-state index contributed by atoms with van der Waals surface area (Å²) in [6.45, 7) is 6.81. The molecule has 1 saturated carbocycles. The summed E-state index contributed by atoms with van der Waals surface area (Å²) >= 11 is 0. The van der Waals surface area contributed by atoms with Crippen LogP contribution in [0.15, 0.2) is 0 Å². The van der Waals surface area contributed by atoms with Crippen LogP contribution in [-0.2, 0) is 9.53 Å². The second kappa shape index (κ2) is 9.34. The summed E-state index contributed by atoms with van der Waals surface area (Å²) in [4.78, 5) is 11.5. The quantitative estimate of drug-likeness (QED) is 0.617. The number of amides is 1. The van der Waals surface area contributed by atoms with Crippen molar-refractivity contribution in [2.45, 2.75) is 52.0 Å². The van der Waals surface area contributed by atoms with Gasteiger partial charge in [0, 0.05) is 19.2 Å². The number of hydrogen-bond acceptors (Lipinski definition) is 3. The number of hydrogen-bond donors (Lipinski definition) is 2. The highest BCUT2D eigenvalue weighted by atomic mass is 16.5. The highest BCUT2D eigenvalue weighted by Gasteiger charge is 2.14. The predicted molar refractivity (Wildman–Crippen MR) is 73.5 cm³/mol. The van der Waals surface area contributed by atoms with E-state index in [1.807, 2.05) is 0 Å². The van der Waals surface area contributed by atoms with Gasteiger partial charge in [0.15, 0.2) is 0 Å². The fraction of sp³-hybridized carbons (Fsp3) is 0.929. The molecule has 1 rings (SSSR count). The normalized spacial score (nSPS) is 16.4. The molecule has 0 aromatic heterocycles. The van der Waals surface area contributed by atoms with Crippen molar-refractivity contribution in [1.29, 1.82) is 0 Å². The maximum atomic E-state index is 11.5. The zero-order valence-electron chi connectivity index (χ0n) is 11.8. The van der Waals surface area contributed by atoms with E-state index in [0.717, 1.165) is 13.0 Å². The van der Waals surface area contributed by atoms with Gasteiger partial charge in [0.2, 0.25) is 5.91 Å². The van der Waals surface area contributed by atoms with Crippen molar-refractivity contribution in [1.82, 2.24) is 10.6 Å². The van der Waals surface area contributed by atoms with Crippen molar-refractivity contribution in [3.05, 3.63) is 0 Å². The zero-order valence-corrected chi connectivity index (χ0v) is 11.8. The van der Waals surface area contributed by atoms with Gasteiger partial charge in [-0.1, -0.05) is 26.7 Å². The Hall–Kier alpha value is -0.610. The molecule has 1 aliphatic rings. The van der Waals surface area contributed by atoms with E-state index in [-0.39, 0.29) is 5.91 Å². The first kappa shape index (κ1) is 15.4. The summed E-state index contributed by atoms with van der Waals surface area (Å²) in [6.07, 6.45) is 6.10. The number of carbonyl (C=O) groups excluding carboxylic acids is 1. The van der Waals surface area contributed by atoms with Crippen LogP contribution in [-0.4, -0.2) is 38.3 Å². The summed E-state index contributed by atoms with van der Waals surface area (Å²) in [5.74, 6) is 0.754. The lowest BCUT2D eigenvalue weighted by atomic mass is 10.1. The van der Waals surface area contributed by atoms with Crippen LogP contribution in [0.3, 0.4) is 0 Å². The topological polar surface area (TPSA) is 50.4 Å². The first-order valence-electron chi connectivity index (χ1n) is 7.26. The molecule has 0 spiro atoms. The Morgan fingerprint density at radius 2 is 2.00 bits per heavy atom. The maximum absolute atomic E-state index is 11.5. The smallest absolute Gasteiger partial charge is 0.234 e. The van der Waals surface area contributed by atoms with Crippen molar-refractivity contribution in [3.8, 4) is 0 Å². The van der Waals surface area contributed by atoms with E-state index in [1.54, 1.807) is 0 Å². The summed E-state index contributed by atoms with van der Waals surface area (Å²) in [5, 5.41) is 6.16. The Kier molecular flexibility index (Phi) is 8.01. The minimum atomic E-state index is 0.0781. The second-order valence-electron chi connectivity index (χ2n) is 5.51. The van der Waals surface area contributed by atoms with Crippen molar-refractivity contribution in [2.24, 2.45) is 5.92 Å². The summed E-state index contributed by atoms with van der Waals surface area (Å²) in [5.41, 5.74) is 0. The van der Waals surface area contributed by atoms with Gasteiger partial charge in [-0.3, -0.25) is 4.79 Å². The first-order chi connectivity index (χ1) is 8.68. The first-order valence-corrected chi connectivity index (χ1v) is 7.26. The Labute approximate surface area is 111 Å². The molecule has 0 unspecified atom stereocenters. The third-order valence-electron chi connectivity index (χ3n) is 3.31. The molecule has 2 N–H and O–H groups in total. The lowest BCUT2D eigenvalue weighted by molar-refractivity contribution is -0.120. The number of carbonyl (C=O) groups is 1. The molecular formula is C14H28N2O2. The van der Waals surface area contributed by atoms with E-state index in [4.69, 9.17) is 4.74 Å². The lowest BCUT2D eigenvalue weighted by Gasteiger charge is -2.12. The molecule has 1 amide bonds. The molecule has 0 atom stereocenters. The molecule has 1 fully saturated rings. The highest BCUT2D eigenvalue weighted by molar-refractivity contribution is 5.77. The second-order valence-corrected chi connectivity index (χ2v) is 5.51. The molecule has 106 valence electrons. The molecule has 0 aromatic carbocycles. The van der Waals surface area contributed by atoms with Gasteiger partial charge in [-0.15, -0.1) is 0 Å². The molecule has 0 aromatic rings. The number of nitrogens with one attached hydrogen (secondary N) is 2. The average Bonchev–Trinajstić information content (AvgIpc) is 2.83. The van der Waals surface area contributed by atoms with Crippen molar-refractivity contribution in [3.63, 3.8) is 0 Å². The van der Waals surface area contributed by atoms with Gasteiger partial charge < -0.3 is 15.4 Å². The third kappa shape index (κ3) is 7.67. The third-order valence-corrected chi connectivity index (χ3v) is 3.31. The van der Waals surface area contributed by atoms with Crippen LogP contribution in [0.5, 0.6) is 0 Å². The van der Waals surface area contributed by atoms with Gasteiger partial charge in [-0.05, 0) is 25.2 Å². The Balaban J connectivity index is 1.87. The van der Waals surface area contributed by atoms with Crippen molar-refractivity contribution >= 4 is 5.91 Å². The highest BCUT2D eigenvalue weighted by Crippen LogP contribution is 2.17. The van der Waals surface area contributed by atoms with Crippen LogP contribution in [0.2, 0.25) is 0 Å². The fourth-order valence-corrected chi connectivity index (χ4v) is 2.11. The van der Waals surface area contributed by atoms with Gasteiger partial charge in [0.1, 0.15) is 0 Å². The van der Waals surface area contributed by atoms with Crippen LogP contribution in [0.4, 0.5) is 0 Å². The minimum Gasteiger partial charge on any atom is -0.380 e. The molecule has 0 bridgehead atoms. The van der Waals surface area contributed by atoms with Gasteiger partial charge in [-0.25, -0.2) is 0 Å². The summed E-state index contributed by atoms with van der Waals surface area (Å²) < 4.78 is 5.44. The van der Waals surface area contributed by atoms with Crippen LogP contribution in [0.1, 0.15) is 46.0 Å². The minimum absolute atomic E-state index is 0.0781. The van der Waals surface area contributed by atoms with E-state index < -0.39 is 0 Å². The Morgan fingerprint density at radius 3 is 2.67 bits per heavy atom. The Morgan fingerprint density at radius 1 is 1.28 bits per heavy atom. The van der Waals surface area contributed by atoms with Crippen LogP contribution < -0.4 is 10.6 Å². The molecule has 4 heteroatoms. The van der Waals surface area contributed by atoms with E-state index in [1.165, 1.54) is 25.7 Å². The van der Waals surface area contributed by atoms with E-state index in [2.05, 4.69) is 24.5 Å². The molecule has 0 saturated heterocycles. The van der Waals surface area contributed by atoms with Crippen LogP contribution in [0.25, 0.3) is 0 Å². The molecule has 1 aliphatic carbocycles. The molecule has 0 aliphatic heterocycles.